The molecule has 0 aromatic heterocycles. The molecule has 1 heterocycles. The fourth-order valence-corrected chi connectivity index (χ4v) is 3.36. The predicted octanol–water partition coefficient (Wildman–Crippen LogP) is 3.19. The van der Waals surface area contributed by atoms with E-state index in [4.69, 9.17) is 15.5 Å². The van der Waals surface area contributed by atoms with E-state index in [0.717, 1.165) is 23.3 Å². The van der Waals surface area contributed by atoms with Crippen LogP contribution in [0.2, 0.25) is 0 Å². The zero-order valence-corrected chi connectivity index (χ0v) is 15.2. The maximum Gasteiger partial charge on any atom is 0.249 e. The Kier molecular flexibility index (Phi) is 4.64. The topological polar surface area (TPSA) is 81.8 Å². The van der Waals surface area contributed by atoms with Crippen LogP contribution in [0.5, 0.6) is 5.75 Å². The molecule has 0 unspecified atom stereocenters. The van der Waals surface area contributed by atoms with Gasteiger partial charge in [0.1, 0.15) is 5.75 Å². The van der Waals surface area contributed by atoms with Crippen molar-refractivity contribution in [1.29, 1.82) is 0 Å². The van der Waals surface area contributed by atoms with Gasteiger partial charge in [0, 0.05) is 16.7 Å². The van der Waals surface area contributed by atoms with Gasteiger partial charge < -0.3 is 10.5 Å². The van der Waals surface area contributed by atoms with Crippen LogP contribution in [0.4, 0.5) is 0 Å². The normalized spacial score (nSPS) is 15.0. The van der Waals surface area contributed by atoms with Gasteiger partial charge >= 0.3 is 0 Å². The van der Waals surface area contributed by atoms with E-state index < -0.39 is 5.91 Å². The Morgan fingerprint density at radius 1 is 1.15 bits per heavy atom. The Hall–Kier alpha value is -2.95. The van der Waals surface area contributed by atoms with E-state index in [1.165, 1.54) is 0 Å². The summed E-state index contributed by atoms with van der Waals surface area (Å²) >= 11 is 0. The van der Waals surface area contributed by atoms with Crippen molar-refractivity contribution in [3.8, 4) is 5.75 Å². The van der Waals surface area contributed by atoms with Crippen LogP contribution in [0.1, 0.15) is 52.1 Å². The Morgan fingerprint density at radius 2 is 1.85 bits per heavy atom. The quantitative estimate of drug-likeness (QED) is 0.841. The highest BCUT2D eigenvalue weighted by Gasteiger charge is 2.28. The summed E-state index contributed by atoms with van der Waals surface area (Å²) in [5.41, 5.74) is 8.45. The van der Waals surface area contributed by atoms with Crippen LogP contribution in [-0.2, 0) is 6.42 Å². The highest BCUT2D eigenvalue weighted by Crippen LogP contribution is 2.31. The van der Waals surface area contributed by atoms with Crippen molar-refractivity contribution in [2.75, 3.05) is 7.11 Å². The number of carbonyl (C=O) groups is 2. The van der Waals surface area contributed by atoms with E-state index in [2.05, 4.69) is 0 Å². The number of benzene rings is 2. The second-order valence-electron chi connectivity index (χ2n) is 7.08. The van der Waals surface area contributed by atoms with Crippen LogP contribution in [0, 0.1) is 0 Å². The first-order valence-corrected chi connectivity index (χ1v) is 8.49. The SMILES string of the molecule is COc1ccc2c(c1)C(CC(=O)c1ccccc1C(N)=O)=NC(C)(C)C2. The van der Waals surface area contributed by atoms with Crippen LogP contribution in [0.15, 0.2) is 47.5 Å². The minimum atomic E-state index is -0.609. The van der Waals surface area contributed by atoms with Gasteiger partial charge in [-0.15, -0.1) is 0 Å². The molecule has 0 aliphatic carbocycles. The van der Waals surface area contributed by atoms with Crippen LogP contribution in [0.25, 0.3) is 0 Å². The minimum absolute atomic E-state index is 0.105. The standard InChI is InChI=1S/C21H22N2O3/c1-21(2)12-13-8-9-14(26-3)10-17(13)18(23-21)11-19(24)15-6-4-5-7-16(15)20(22)25/h4-10H,11-12H2,1-3H3,(H2,22,25). The molecule has 1 amide bonds. The molecule has 2 aromatic rings. The number of amides is 1. The number of rotatable bonds is 5. The van der Waals surface area contributed by atoms with E-state index in [1.54, 1.807) is 31.4 Å². The van der Waals surface area contributed by atoms with Gasteiger partial charge in [-0.05, 0) is 44.0 Å². The smallest absolute Gasteiger partial charge is 0.249 e. The fraction of sp³-hybridized carbons (Fsp3) is 0.286. The third kappa shape index (κ3) is 3.52. The van der Waals surface area contributed by atoms with E-state index in [1.807, 2.05) is 32.0 Å². The van der Waals surface area contributed by atoms with Crippen molar-refractivity contribution >= 4 is 17.4 Å². The number of Topliss-reactive ketones (excluding diaryl/α,β-unsaturated/α-hetero) is 1. The molecule has 0 atom stereocenters. The average molecular weight is 350 g/mol. The van der Waals surface area contributed by atoms with E-state index in [-0.39, 0.29) is 23.3 Å². The molecule has 5 nitrogen and oxygen atoms in total. The number of ether oxygens (including phenoxy) is 1. The lowest BCUT2D eigenvalue weighted by molar-refractivity contribution is 0.0967. The van der Waals surface area contributed by atoms with Gasteiger partial charge in [-0.3, -0.25) is 14.6 Å². The van der Waals surface area contributed by atoms with Crippen LogP contribution in [-0.4, -0.2) is 30.1 Å². The summed E-state index contributed by atoms with van der Waals surface area (Å²) in [4.78, 5) is 29.3. The van der Waals surface area contributed by atoms with Crippen LogP contribution >= 0.6 is 0 Å². The number of fused-ring (bicyclic) bond motifs is 1. The van der Waals surface area contributed by atoms with Crippen LogP contribution < -0.4 is 10.5 Å². The van der Waals surface area contributed by atoms with E-state index in [0.29, 0.717) is 11.3 Å². The van der Waals surface area contributed by atoms with Gasteiger partial charge in [0.15, 0.2) is 5.78 Å². The highest BCUT2D eigenvalue weighted by atomic mass is 16.5. The number of primary amides is 1. The molecule has 0 radical (unpaired) electrons. The zero-order valence-electron chi connectivity index (χ0n) is 15.2. The Balaban J connectivity index is 2.00. The molecule has 0 spiro atoms. The molecule has 134 valence electrons. The molecular formula is C21H22N2O3. The number of methoxy groups -OCH3 is 1. The molecule has 26 heavy (non-hydrogen) atoms. The summed E-state index contributed by atoms with van der Waals surface area (Å²) in [6.07, 6.45) is 0.899. The molecule has 2 aromatic carbocycles. The van der Waals surface area contributed by atoms with E-state index in [9.17, 15) is 9.59 Å². The second-order valence-corrected chi connectivity index (χ2v) is 7.08. The number of hydrogen-bond donors (Lipinski definition) is 1. The summed E-state index contributed by atoms with van der Waals surface area (Å²) in [6.45, 7) is 4.09. The number of nitrogens with zero attached hydrogens (tertiary/aromatic N) is 1. The Labute approximate surface area is 152 Å². The minimum Gasteiger partial charge on any atom is -0.497 e. The highest BCUT2D eigenvalue weighted by molar-refractivity contribution is 6.19. The van der Waals surface area contributed by atoms with Crippen molar-refractivity contribution < 1.29 is 14.3 Å². The van der Waals surface area contributed by atoms with Gasteiger partial charge in [-0.25, -0.2) is 0 Å². The first-order valence-electron chi connectivity index (χ1n) is 8.49. The molecule has 0 saturated heterocycles. The van der Waals surface area contributed by atoms with Crippen molar-refractivity contribution in [1.82, 2.24) is 0 Å². The second kappa shape index (κ2) is 6.75. The number of aliphatic imine (C=N–C) groups is 1. The summed E-state index contributed by atoms with van der Waals surface area (Å²) in [5, 5.41) is 0. The largest absolute Gasteiger partial charge is 0.497 e. The van der Waals surface area contributed by atoms with Crippen molar-refractivity contribution in [2.24, 2.45) is 10.7 Å². The molecular weight excluding hydrogens is 328 g/mol. The Morgan fingerprint density at radius 3 is 2.50 bits per heavy atom. The molecule has 1 aliphatic rings. The lowest BCUT2D eigenvalue weighted by atomic mass is 9.85. The van der Waals surface area contributed by atoms with E-state index >= 15 is 0 Å². The van der Waals surface area contributed by atoms with Crippen molar-refractivity contribution in [3.05, 3.63) is 64.7 Å². The predicted molar refractivity (Wildman–Crippen MR) is 101 cm³/mol. The third-order valence-electron chi connectivity index (χ3n) is 4.51. The van der Waals surface area contributed by atoms with Gasteiger partial charge in [0.2, 0.25) is 5.91 Å². The lowest BCUT2D eigenvalue weighted by Gasteiger charge is -2.29. The number of carbonyl (C=O) groups excluding carboxylic acids is 2. The maximum absolute atomic E-state index is 12.9. The molecule has 5 heteroatoms. The summed E-state index contributed by atoms with van der Waals surface area (Å²) in [7, 11) is 1.61. The third-order valence-corrected chi connectivity index (χ3v) is 4.51. The number of ketones is 1. The summed E-state index contributed by atoms with van der Waals surface area (Å²) in [5.74, 6) is -0.0623. The molecule has 0 fully saturated rings. The van der Waals surface area contributed by atoms with Gasteiger partial charge in [-0.2, -0.15) is 0 Å². The number of nitrogens with two attached hydrogens (primary N) is 1. The maximum atomic E-state index is 12.9. The van der Waals surface area contributed by atoms with Gasteiger partial charge in [-0.1, -0.05) is 24.3 Å². The molecule has 0 bridgehead atoms. The monoisotopic (exact) mass is 350 g/mol. The zero-order chi connectivity index (χ0) is 18.9. The molecule has 1 aliphatic heterocycles. The van der Waals surface area contributed by atoms with Gasteiger partial charge in [0.05, 0.1) is 24.8 Å². The molecule has 2 N–H and O–H groups in total. The van der Waals surface area contributed by atoms with Crippen molar-refractivity contribution in [2.45, 2.75) is 32.2 Å². The summed E-state index contributed by atoms with van der Waals surface area (Å²) < 4.78 is 5.32. The average Bonchev–Trinajstić information content (AvgIpc) is 2.60. The van der Waals surface area contributed by atoms with Crippen molar-refractivity contribution in [3.63, 3.8) is 0 Å². The fourth-order valence-electron chi connectivity index (χ4n) is 3.36. The Bertz CT molecular complexity index is 913. The first kappa shape index (κ1) is 17.9. The number of hydrogen-bond acceptors (Lipinski definition) is 4. The molecule has 3 rings (SSSR count). The summed E-state index contributed by atoms with van der Waals surface area (Å²) in [6, 6.07) is 12.5. The first-order chi connectivity index (χ1) is 12.3. The lowest BCUT2D eigenvalue weighted by Crippen LogP contribution is -2.30. The van der Waals surface area contributed by atoms with Gasteiger partial charge in [0.25, 0.3) is 0 Å². The molecule has 0 saturated carbocycles. The van der Waals surface area contributed by atoms with Crippen LogP contribution in [0.3, 0.4) is 0 Å².